The molecular formula is C16H13N7O2S. The molecule has 0 saturated carbocycles. The van der Waals surface area contributed by atoms with Gasteiger partial charge in [0.05, 0.1) is 0 Å². The summed E-state index contributed by atoms with van der Waals surface area (Å²) in [5, 5.41) is 16.2. The maximum atomic E-state index is 11.9. The number of carbonyl (C=O) groups excluding carboxylic acids is 1. The Balaban J connectivity index is 1.88. The molecule has 10 heteroatoms. The zero-order chi connectivity index (χ0) is 18.5. The SMILES string of the molecule is CCNC(=O)Cn1nc(-c2nsc(-c3ccc(C#N)nc3)n2)ccc1=O. The van der Waals surface area contributed by atoms with E-state index in [4.69, 9.17) is 5.26 Å². The molecular weight excluding hydrogens is 354 g/mol. The Hall–Kier alpha value is -3.45. The van der Waals surface area contributed by atoms with Crippen molar-refractivity contribution < 1.29 is 4.79 Å². The highest BCUT2D eigenvalue weighted by Gasteiger charge is 2.13. The Morgan fingerprint density at radius 3 is 2.88 bits per heavy atom. The minimum absolute atomic E-state index is 0.170. The van der Waals surface area contributed by atoms with Crippen molar-refractivity contribution >= 4 is 17.4 Å². The monoisotopic (exact) mass is 367 g/mol. The van der Waals surface area contributed by atoms with Crippen LogP contribution in [0.3, 0.4) is 0 Å². The van der Waals surface area contributed by atoms with Gasteiger partial charge in [-0.2, -0.15) is 14.7 Å². The molecule has 3 aromatic heterocycles. The minimum Gasteiger partial charge on any atom is -0.355 e. The van der Waals surface area contributed by atoms with Crippen LogP contribution in [0.15, 0.2) is 35.3 Å². The van der Waals surface area contributed by atoms with Gasteiger partial charge in [-0.3, -0.25) is 9.59 Å². The Kier molecular flexibility index (Phi) is 5.09. The average Bonchev–Trinajstić information content (AvgIpc) is 3.14. The van der Waals surface area contributed by atoms with Crippen LogP contribution in [0.25, 0.3) is 22.1 Å². The van der Waals surface area contributed by atoms with Crippen LogP contribution in [0.2, 0.25) is 0 Å². The molecule has 3 rings (SSSR count). The third kappa shape index (κ3) is 3.79. The fourth-order valence-electron chi connectivity index (χ4n) is 2.10. The molecule has 0 saturated heterocycles. The summed E-state index contributed by atoms with van der Waals surface area (Å²) in [6.07, 6.45) is 1.55. The molecule has 0 radical (unpaired) electrons. The topological polar surface area (TPSA) is 126 Å². The van der Waals surface area contributed by atoms with Crippen molar-refractivity contribution in [1.29, 1.82) is 5.26 Å². The second kappa shape index (κ2) is 7.62. The largest absolute Gasteiger partial charge is 0.355 e. The highest BCUT2D eigenvalue weighted by Crippen LogP contribution is 2.24. The second-order valence-electron chi connectivity index (χ2n) is 5.14. The van der Waals surface area contributed by atoms with Gasteiger partial charge < -0.3 is 5.32 Å². The number of hydrogen-bond donors (Lipinski definition) is 1. The molecule has 0 bridgehead atoms. The molecule has 1 amide bonds. The van der Waals surface area contributed by atoms with Crippen molar-refractivity contribution in [1.82, 2.24) is 29.4 Å². The third-order valence-electron chi connectivity index (χ3n) is 3.31. The number of amides is 1. The van der Waals surface area contributed by atoms with Crippen molar-refractivity contribution in [2.45, 2.75) is 13.5 Å². The van der Waals surface area contributed by atoms with E-state index < -0.39 is 0 Å². The molecule has 0 spiro atoms. The van der Waals surface area contributed by atoms with Crippen LogP contribution in [-0.2, 0) is 11.3 Å². The number of nitrogens with one attached hydrogen (secondary N) is 1. The Morgan fingerprint density at radius 2 is 2.19 bits per heavy atom. The molecule has 1 N–H and O–H groups in total. The van der Waals surface area contributed by atoms with Crippen molar-refractivity contribution in [3.05, 3.63) is 46.5 Å². The number of pyridine rings is 1. The summed E-state index contributed by atoms with van der Waals surface area (Å²) in [6.45, 7) is 2.10. The van der Waals surface area contributed by atoms with Crippen LogP contribution in [0.5, 0.6) is 0 Å². The van der Waals surface area contributed by atoms with Gasteiger partial charge in [-0.15, -0.1) is 0 Å². The van der Waals surface area contributed by atoms with E-state index in [0.29, 0.717) is 28.8 Å². The van der Waals surface area contributed by atoms with E-state index in [1.807, 2.05) is 6.07 Å². The average molecular weight is 367 g/mol. The van der Waals surface area contributed by atoms with Crippen molar-refractivity contribution in [2.24, 2.45) is 0 Å². The zero-order valence-electron chi connectivity index (χ0n) is 13.7. The first-order valence-electron chi connectivity index (χ1n) is 7.66. The van der Waals surface area contributed by atoms with Gasteiger partial charge in [0.1, 0.15) is 29.0 Å². The maximum Gasteiger partial charge on any atom is 0.267 e. The Bertz CT molecular complexity index is 1030. The molecule has 0 fully saturated rings. The highest BCUT2D eigenvalue weighted by atomic mass is 32.1. The summed E-state index contributed by atoms with van der Waals surface area (Å²) in [5.74, 6) is 0.0499. The number of nitrogens with zero attached hydrogens (tertiary/aromatic N) is 6. The summed E-state index contributed by atoms with van der Waals surface area (Å²) in [4.78, 5) is 32.0. The van der Waals surface area contributed by atoms with Crippen molar-refractivity contribution in [3.63, 3.8) is 0 Å². The number of likely N-dealkylation sites (N-methyl/N-ethyl adjacent to an activating group) is 1. The molecule has 0 aliphatic carbocycles. The van der Waals surface area contributed by atoms with E-state index in [0.717, 1.165) is 21.8 Å². The summed E-state index contributed by atoms with van der Waals surface area (Å²) in [7, 11) is 0. The highest BCUT2D eigenvalue weighted by molar-refractivity contribution is 7.09. The lowest BCUT2D eigenvalue weighted by atomic mass is 10.2. The van der Waals surface area contributed by atoms with E-state index in [2.05, 4.69) is 24.8 Å². The number of hydrogen-bond acceptors (Lipinski definition) is 8. The van der Waals surface area contributed by atoms with E-state index in [1.165, 1.54) is 12.1 Å². The van der Waals surface area contributed by atoms with E-state index in [-0.39, 0.29) is 18.0 Å². The molecule has 0 aliphatic heterocycles. The zero-order valence-corrected chi connectivity index (χ0v) is 14.5. The number of nitriles is 1. The summed E-state index contributed by atoms with van der Waals surface area (Å²) in [5.41, 5.74) is 1.05. The lowest BCUT2D eigenvalue weighted by molar-refractivity contribution is -0.121. The maximum absolute atomic E-state index is 11.9. The molecule has 0 aliphatic rings. The first kappa shape index (κ1) is 17.4. The summed E-state index contributed by atoms with van der Waals surface area (Å²) < 4.78 is 5.32. The van der Waals surface area contributed by atoms with E-state index in [9.17, 15) is 9.59 Å². The van der Waals surface area contributed by atoms with Crippen LogP contribution in [-0.4, -0.2) is 36.6 Å². The predicted octanol–water partition coefficient (Wildman–Crippen LogP) is 0.832. The quantitative estimate of drug-likeness (QED) is 0.707. The van der Waals surface area contributed by atoms with Gasteiger partial charge in [0, 0.05) is 24.4 Å². The van der Waals surface area contributed by atoms with Gasteiger partial charge in [0.15, 0.2) is 5.82 Å². The van der Waals surface area contributed by atoms with Gasteiger partial charge in [-0.05, 0) is 36.7 Å². The van der Waals surface area contributed by atoms with Crippen LogP contribution in [0.4, 0.5) is 0 Å². The van der Waals surface area contributed by atoms with Crippen LogP contribution in [0.1, 0.15) is 12.6 Å². The van der Waals surface area contributed by atoms with Gasteiger partial charge >= 0.3 is 0 Å². The molecule has 3 heterocycles. The lowest BCUT2D eigenvalue weighted by Gasteiger charge is -2.05. The van der Waals surface area contributed by atoms with E-state index >= 15 is 0 Å². The molecule has 0 aromatic carbocycles. The number of aromatic nitrogens is 5. The smallest absolute Gasteiger partial charge is 0.267 e. The molecule has 26 heavy (non-hydrogen) atoms. The Morgan fingerprint density at radius 1 is 1.35 bits per heavy atom. The number of carbonyl (C=O) groups is 1. The standard InChI is InChI=1S/C16H13N7O2S/c1-2-18-13(24)9-23-14(25)6-5-12(21-23)15-20-16(26-22-15)10-3-4-11(7-17)19-8-10/h3-6,8H,2,9H2,1H3,(H,18,24). The van der Waals surface area contributed by atoms with E-state index in [1.54, 1.807) is 25.3 Å². The van der Waals surface area contributed by atoms with Crippen LogP contribution < -0.4 is 10.9 Å². The lowest BCUT2D eigenvalue weighted by Crippen LogP contribution is -2.33. The van der Waals surface area contributed by atoms with Gasteiger partial charge in [-0.1, -0.05) is 0 Å². The van der Waals surface area contributed by atoms with Crippen LogP contribution in [0, 0.1) is 11.3 Å². The van der Waals surface area contributed by atoms with Crippen molar-refractivity contribution in [2.75, 3.05) is 6.54 Å². The van der Waals surface area contributed by atoms with Crippen LogP contribution >= 0.6 is 11.5 Å². The number of rotatable bonds is 5. The van der Waals surface area contributed by atoms with Gasteiger partial charge in [-0.25, -0.2) is 14.6 Å². The minimum atomic E-state index is -0.383. The second-order valence-corrected chi connectivity index (χ2v) is 5.89. The predicted molar refractivity (Wildman–Crippen MR) is 94.0 cm³/mol. The van der Waals surface area contributed by atoms with Gasteiger partial charge in [0.25, 0.3) is 5.56 Å². The fraction of sp³-hybridized carbons (Fsp3) is 0.188. The molecule has 130 valence electrons. The fourth-order valence-corrected chi connectivity index (χ4v) is 2.76. The molecule has 3 aromatic rings. The normalized spacial score (nSPS) is 10.3. The molecule has 0 atom stereocenters. The molecule has 9 nitrogen and oxygen atoms in total. The first-order valence-corrected chi connectivity index (χ1v) is 8.43. The first-order chi connectivity index (χ1) is 12.6. The van der Waals surface area contributed by atoms with Crippen molar-refractivity contribution in [3.8, 4) is 28.2 Å². The van der Waals surface area contributed by atoms with Gasteiger partial charge in [0.2, 0.25) is 5.91 Å². The molecule has 0 unspecified atom stereocenters. The summed E-state index contributed by atoms with van der Waals surface area (Å²) in [6, 6.07) is 8.13. The Labute approximate surface area is 152 Å². The third-order valence-corrected chi connectivity index (χ3v) is 4.08. The summed E-state index contributed by atoms with van der Waals surface area (Å²) >= 11 is 1.15.